The van der Waals surface area contributed by atoms with E-state index in [-0.39, 0.29) is 5.41 Å². The van der Waals surface area contributed by atoms with Gasteiger partial charge in [0.2, 0.25) is 0 Å². The third-order valence-corrected chi connectivity index (χ3v) is 13.6. The summed E-state index contributed by atoms with van der Waals surface area (Å²) in [7, 11) is 0. The number of aryl methyl sites for hydroxylation is 1. The van der Waals surface area contributed by atoms with E-state index in [9.17, 15) is 0 Å². The highest BCUT2D eigenvalue weighted by Gasteiger charge is 2.37. The zero-order chi connectivity index (χ0) is 44.3. The first-order valence-electron chi connectivity index (χ1n) is 23.0. The van der Waals surface area contributed by atoms with Crippen molar-refractivity contribution in [2.75, 3.05) is 4.90 Å². The minimum atomic E-state index is -0.241. The van der Waals surface area contributed by atoms with Crippen LogP contribution in [0, 0.1) is 6.92 Å². The van der Waals surface area contributed by atoms with Crippen LogP contribution in [0.25, 0.3) is 66.7 Å². The minimum Gasteiger partial charge on any atom is -0.310 e. The third kappa shape index (κ3) is 6.46. The van der Waals surface area contributed by atoms with Gasteiger partial charge in [0.15, 0.2) is 0 Å². The predicted molar refractivity (Wildman–Crippen MR) is 278 cm³/mol. The summed E-state index contributed by atoms with van der Waals surface area (Å²) >= 11 is 0. The van der Waals surface area contributed by atoms with Gasteiger partial charge in [0.25, 0.3) is 0 Å². The summed E-state index contributed by atoms with van der Waals surface area (Å²) in [4.78, 5) is 2.44. The van der Waals surface area contributed by atoms with Crippen molar-refractivity contribution >= 4 is 61.5 Å². The molecule has 2 aromatic heterocycles. The van der Waals surface area contributed by atoms with Crippen LogP contribution >= 0.6 is 0 Å². The largest absolute Gasteiger partial charge is 0.310 e. The van der Waals surface area contributed by atoms with Crippen LogP contribution in [-0.4, -0.2) is 4.40 Å². The quantitative estimate of drug-likeness (QED) is 0.148. The highest BCUT2D eigenvalue weighted by Crippen LogP contribution is 2.52. The van der Waals surface area contributed by atoms with E-state index in [0.29, 0.717) is 0 Å². The van der Waals surface area contributed by atoms with E-state index in [2.05, 4.69) is 234 Å². The first-order chi connectivity index (χ1) is 31.2. The number of nitrogens with zero attached hydrogens (tertiary/aromatic N) is 2. The summed E-state index contributed by atoms with van der Waals surface area (Å²) in [6.45, 7) is 20.1. The highest BCUT2D eigenvalue weighted by molar-refractivity contribution is 6.18. The lowest BCUT2D eigenvalue weighted by Gasteiger charge is -2.29. The van der Waals surface area contributed by atoms with Crippen LogP contribution in [0.1, 0.15) is 93.5 Å². The van der Waals surface area contributed by atoms with Gasteiger partial charge in [-0.1, -0.05) is 174 Å². The standard InChI is InChI=1S/C59H48N2.C3H8/c1-7-45(57-46(8-2)51-21-15-22-52-50-19-12-13-23-56(50)61(57)58(51)52)41-27-32-48-49-33-31-44(36-55(49)59(5,6)54(48)34-41)60(42-29-25-40(26-30-42)39-17-10-9-11-18-39)43-28-24-38(4)53(35-43)47-20-14-16-37(47)3;1-3-2/h7-15,17-36H,2,16H2,1,3-6H3;3H2,1-2H3/b45-7-;. The van der Waals surface area contributed by atoms with E-state index in [0.717, 1.165) is 23.5 Å². The summed E-state index contributed by atoms with van der Waals surface area (Å²) in [5.74, 6) is 0. The molecular weight excluding hydrogens is 773 g/mol. The summed E-state index contributed by atoms with van der Waals surface area (Å²) in [6.07, 6.45) is 11.2. The number of benzene rings is 7. The van der Waals surface area contributed by atoms with E-state index in [1.807, 2.05) is 6.08 Å². The van der Waals surface area contributed by atoms with Crippen molar-refractivity contribution in [3.05, 3.63) is 221 Å². The van der Waals surface area contributed by atoms with E-state index in [1.165, 1.54) is 112 Å². The van der Waals surface area contributed by atoms with Gasteiger partial charge in [-0.2, -0.15) is 0 Å². The summed E-state index contributed by atoms with van der Waals surface area (Å²) < 4.78 is 2.48. The Kier molecular flexibility index (Phi) is 10.3. The van der Waals surface area contributed by atoms with Crippen molar-refractivity contribution in [1.29, 1.82) is 0 Å². The second kappa shape index (κ2) is 16.2. The topological polar surface area (TPSA) is 7.65 Å². The summed E-state index contributed by atoms with van der Waals surface area (Å²) in [5.41, 5.74) is 23.6. The molecule has 2 aliphatic carbocycles. The van der Waals surface area contributed by atoms with Crippen molar-refractivity contribution < 1.29 is 0 Å². The Morgan fingerprint density at radius 2 is 1.28 bits per heavy atom. The number of aromatic nitrogens is 1. The minimum absolute atomic E-state index is 0.241. The zero-order valence-electron chi connectivity index (χ0n) is 38.3. The fraction of sp³-hybridized carbons (Fsp3) is 0.161. The maximum absolute atomic E-state index is 4.35. The van der Waals surface area contributed by atoms with Gasteiger partial charge in [-0.25, -0.2) is 0 Å². The van der Waals surface area contributed by atoms with Crippen LogP contribution in [0.2, 0.25) is 0 Å². The molecule has 0 spiro atoms. The molecule has 0 radical (unpaired) electrons. The molecule has 7 aromatic carbocycles. The lowest BCUT2D eigenvalue weighted by Crippen LogP contribution is -2.17. The molecule has 0 saturated heterocycles. The number of hydrogen-bond donors (Lipinski definition) is 0. The Morgan fingerprint density at radius 3 is 2.00 bits per heavy atom. The maximum atomic E-state index is 4.35. The number of anilines is 3. The van der Waals surface area contributed by atoms with Gasteiger partial charge in [-0.3, -0.25) is 0 Å². The number of hydrogen-bond acceptors (Lipinski definition) is 1. The van der Waals surface area contributed by atoms with Gasteiger partial charge in [0, 0.05) is 49.8 Å². The number of rotatable bonds is 8. The SMILES string of the molecule is C=Cc1c(/C(=C\C)c2ccc3c(c2)C(C)(C)c2cc(N(c4ccc(-c5ccccc5)cc4)c4ccc(C)c(C5=C(C)CC=C5)c4)ccc2-3)n2c3ccccc3c3cccc1c32.CCC. The molecule has 0 aliphatic heterocycles. The second-order valence-corrected chi connectivity index (χ2v) is 18.1. The number of fused-ring (bicyclic) bond motifs is 6. The number of allylic oxidation sites excluding steroid dienone is 5. The molecule has 0 bridgehead atoms. The molecule has 0 N–H and O–H groups in total. The predicted octanol–water partition coefficient (Wildman–Crippen LogP) is 17.7. The molecule has 0 unspecified atom stereocenters. The van der Waals surface area contributed by atoms with Crippen molar-refractivity contribution in [1.82, 2.24) is 4.40 Å². The molecule has 2 nitrogen and oxygen atoms in total. The zero-order valence-corrected chi connectivity index (χ0v) is 38.3. The monoisotopic (exact) mass is 828 g/mol. The van der Waals surface area contributed by atoms with Crippen LogP contribution in [0.15, 0.2) is 182 Å². The van der Waals surface area contributed by atoms with Gasteiger partial charge in [-0.05, 0) is 131 Å². The summed E-state index contributed by atoms with van der Waals surface area (Å²) in [6, 6.07) is 56.4. The van der Waals surface area contributed by atoms with Gasteiger partial charge in [0.05, 0.1) is 16.7 Å². The molecular formula is C62H56N2. The first kappa shape index (κ1) is 40.9. The van der Waals surface area contributed by atoms with E-state index in [1.54, 1.807) is 0 Å². The third-order valence-electron chi connectivity index (χ3n) is 13.6. The molecule has 2 heterocycles. The maximum Gasteiger partial charge on any atom is 0.0620 e. The van der Waals surface area contributed by atoms with Crippen LogP contribution in [0.3, 0.4) is 0 Å². The fourth-order valence-electron chi connectivity index (χ4n) is 10.5. The molecule has 11 rings (SSSR count). The van der Waals surface area contributed by atoms with Crippen LogP contribution < -0.4 is 4.90 Å². The van der Waals surface area contributed by atoms with Gasteiger partial charge < -0.3 is 9.30 Å². The normalized spacial score (nSPS) is 14.0. The fourth-order valence-corrected chi connectivity index (χ4v) is 10.5. The molecule has 314 valence electrons. The molecule has 2 heteroatoms. The molecule has 0 fully saturated rings. The van der Waals surface area contributed by atoms with E-state index in [4.69, 9.17) is 0 Å². The van der Waals surface area contributed by atoms with Crippen LogP contribution in [-0.2, 0) is 5.41 Å². The van der Waals surface area contributed by atoms with Crippen molar-refractivity contribution in [2.45, 2.75) is 66.7 Å². The Labute approximate surface area is 379 Å². The molecule has 0 saturated carbocycles. The smallest absolute Gasteiger partial charge is 0.0620 e. The molecule has 0 amide bonds. The van der Waals surface area contributed by atoms with Crippen LogP contribution in [0.5, 0.6) is 0 Å². The Hall–Kier alpha value is -7.16. The van der Waals surface area contributed by atoms with Crippen molar-refractivity contribution in [3.63, 3.8) is 0 Å². The average Bonchev–Trinajstić information content (AvgIpc) is 4.06. The first-order valence-corrected chi connectivity index (χ1v) is 23.0. The summed E-state index contributed by atoms with van der Waals surface area (Å²) in [5, 5.41) is 3.80. The second-order valence-electron chi connectivity index (χ2n) is 18.1. The van der Waals surface area contributed by atoms with E-state index >= 15 is 0 Å². The Morgan fingerprint density at radius 1 is 0.656 bits per heavy atom. The van der Waals surface area contributed by atoms with Crippen LogP contribution in [0.4, 0.5) is 17.1 Å². The Bertz CT molecular complexity index is 3350. The van der Waals surface area contributed by atoms with Gasteiger partial charge in [0.1, 0.15) is 0 Å². The highest BCUT2D eigenvalue weighted by atomic mass is 15.1. The molecule has 2 aliphatic rings. The molecule has 9 aromatic rings. The van der Waals surface area contributed by atoms with Gasteiger partial charge >= 0.3 is 0 Å². The van der Waals surface area contributed by atoms with E-state index < -0.39 is 0 Å². The lowest BCUT2D eigenvalue weighted by molar-refractivity contribution is 0.660. The number of para-hydroxylation sites is 2. The van der Waals surface area contributed by atoms with Crippen molar-refractivity contribution in [2.24, 2.45) is 0 Å². The Balaban J connectivity index is 0.00000157. The van der Waals surface area contributed by atoms with Crippen molar-refractivity contribution in [3.8, 4) is 22.3 Å². The molecule has 64 heavy (non-hydrogen) atoms. The average molecular weight is 829 g/mol. The molecule has 0 atom stereocenters. The van der Waals surface area contributed by atoms with Gasteiger partial charge in [-0.15, -0.1) is 0 Å². The lowest BCUT2D eigenvalue weighted by atomic mass is 9.81.